The first-order valence-electron chi connectivity index (χ1n) is 6.91. The van der Waals surface area contributed by atoms with Crippen LogP contribution >= 0.6 is 0 Å². The van der Waals surface area contributed by atoms with E-state index >= 15 is 0 Å². The molecule has 88 valence electrons. The summed E-state index contributed by atoms with van der Waals surface area (Å²) < 4.78 is 6.29. The van der Waals surface area contributed by atoms with E-state index in [1.54, 1.807) is 0 Å². The van der Waals surface area contributed by atoms with Crippen LogP contribution in [0.25, 0.3) is 0 Å². The first-order valence-corrected chi connectivity index (χ1v) is 6.91. The summed E-state index contributed by atoms with van der Waals surface area (Å²) in [7, 11) is 0. The molecule has 2 aliphatic rings. The Labute approximate surface area is 94.6 Å². The van der Waals surface area contributed by atoms with E-state index in [2.05, 4.69) is 13.8 Å². The van der Waals surface area contributed by atoms with Gasteiger partial charge in [-0.3, -0.25) is 0 Å². The highest BCUT2D eigenvalue weighted by Gasteiger charge is 2.27. The van der Waals surface area contributed by atoms with E-state index in [1.807, 2.05) is 0 Å². The molecule has 0 amide bonds. The number of ether oxygens (including phenoxy) is 1. The average molecular weight is 210 g/mol. The summed E-state index contributed by atoms with van der Waals surface area (Å²) in [5.74, 6) is 1.74. The molecular formula is C14H26O. The van der Waals surface area contributed by atoms with Gasteiger partial charge in [0.1, 0.15) is 0 Å². The zero-order valence-electron chi connectivity index (χ0n) is 10.4. The van der Waals surface area contributed by atoms with Gasteiger partial charge < -0.3 is 4.74 Å². The average Bonchev–Trinajstić information content (AvgIpc) is 2.25. The van der Waals surface area contributed by atoms with Gasteiger partial charge in [-0.05, 0) is 50.4 Å². The minimum Gasteiger partial charge on any atom is -0.375 e. The van der Waals surface area contributed by atoms with Gasteiger partial charge in [-0.2, -0.15) is 0 Å². The van der Waals surface area contributed by atoms with E-state index in [-0.39, 0.29) is 0 Å². The van der Waals surface area contributed by atoms with Crippen molar-refractivity contribution in [2.75, 3.05) is 0 Å². The molecule has 0 bridgehead atoms. The maximum absolute atomic E-state index is 6.29. The highest BCUT2D eigenvalue weighted by molar-refractivity contribution is 4.77. The fraction of sp³-hybridized carbons (Fsp3) is 1.00. The Bertz CT molecular complexity index is 182. The number of hydrogen-bond donors (Lipinski definition) is 0. The Morgan fingerprint density at radius 3 is 2.13 bits per heavy atom. The van der Waals surface area contributed by atoms with Crippen molar-refractivity contribution < 1.29 is 4.74 Å². The molecule has 15 heavy (non-hydrogen) atoms. The number of rotatable bonds is 2. The first kappa shape index (κ1) is 11.4. The highest BCUT2D eigenvalue weighted by Crippen LogP contribution is 2.32. The van der Waals surface area contributed by atoms with Crippen molar-refractivity contribution in [1.29, 1.82) is 0 Å². The van der Waals surface area contributed by atoms with Gasteiger partial charge in [-0.1, -0.05) is 26.7 Å². The lowest BCUT2D eigenvalue weighted by Gasteiger charge is -2.35. The van der Waals surface area contributed by atoms with Crippen molar-refractivity contribution in [2.24, 2.45) is 11.8 Å². The molecule has 1 nitrogen and oxygen atoms in total. The smallest absolute Gasteiger partial charge is 0.0604 e. The molecule has 0 saturated heterocycles. The zero-order chi connectivity index (χ0) is 10.7. The maximum atomic E-state index is 6.29. The topological polar surface area (TPSA) is 9.23 Å². The largest absolute Gasteiger partial charge is 0.375 e. The monoisotopic (exact) mass is 210 g/mol. The van der Waals surface area contributed by atoms with Crippen LogP contribution < -0.4 is 0 Å². The van der Waals surface area contributed by atoms with Gasteiger partial charge in [0.25, 0.3) is 0 Å². The maximum Gasteiger partial charge on any atom is 0.0604 e. The predicted octanol–water partition coefficient (Wildman–Crippen LogP) is 4.16. The molecule has 0 aromatic heterocycles. The van der Waals surface area contributed by atoms with E-state index in [0.29, 0.717) is 12.2 Å². The van der Waals surface area contributed by atoms with Crippen LogP contribution in [0.15, 0.2) is 0 Å². The lowest BCUT2D eigenvalue weighted by Crippen LogP contribution is -2.32. The zero-order valence-corrected chi connectivity index (χ0v) is 10.4. The van der Waals surface area contributed by atoms with Crippen LogP contribution in [-0.4, -0.2) is 12.2 Å². The number of hydrogen-bond acceptors (Lipinski definition) is 1. The fourth-order valence-electron chi connectivity index (χ4n) is 3.10. The molecular weight excluding hydrogens is 184 g/mol. The van der Waals surface area contributed by atoms with Crippen LogP contribution in [0.3, 0.4) is 0 Å². The third-order valence-electron chi connectivity index (χ3n) is 4.36. The third-order valence-corrected chi connectivity index (χ3v) is 4.36. The van der Waals surface area contributed by atoms with Gasteiger partial charge in [0, 0.05) is 0 Å². The van der Waals surface area contributed by atoms with E-state index < -0.39 is 0 Å². The van der Waals surface area contributed by atoms with E-state index in [1.165, 1.54) is 51.4 Å². The lowest BCUT2D eigenvalue weighted by atomic mass is 9.86. The molecule has 1 heteroatoms. The normalized spacial score (nSPS) is 42.8. The van der Waals surface area contributed by atoms with Crippen LogP contribution in [0.4, 0.5) is 0 Å². The predicted molar refractivity (Wildman–Crippen MR) is 63.9 cm³/mol. The van der Waals surface area contributed by atoms with Crippen molar-refractivity contribution in [3.63, 3.8) is 0 Å². The molecule has 0 spiro atoms. The Morgan fingerprint density at radius 1 is 0.800 bits per heavy atom. The Kier molecular flexibility index (Phi) is 4.07. The van der Waals surface area contributed by atoms with Gasteiger partial charge in [0.2, 0.25) is 0 Å². The fourth-order valence-corrected chi connectivity index (χ4v) is 3.10. The first-order chi connectivity index (χ1) is 7.25. The second-order valence-electron chi connectivity index (χ2n) is 5.82. The molecule has 0 aromatic rings. The molecule has 2 unspecified atom stereocenters. The molecule has 0 heterocycles. The standard InChI is InChI=1S/C14H26O/c1-11-7-9-13(10-8-11)15-14-6-4-3-5-12(14)2/h11-14H,3-10H2,1-2H3. The van der Waals surface area contributed by atoms with Crippen molar-refractivity contribution in [3.05, 3.63) is 0 Å². The second kappa shape index (κ2) is 5.34. The molecule has 0 aromatic carbocycles. The van der Waals surface area contributed by atoms with Gasteiger partial charge in [0.15, 0.2) is 0 Å². The van der Waals surface area contributed by atoms with E-state index in [0.717, 1.165) is 11.8 Å². The summed E-state index contributed by atoms with van der Waals surface area (Å²) >= 11 is 0. The van der Waals surface area contributed by atoms with Crippen molar-refractivity contribution >= 4 is 0 Å². The van der Waals surface area contributed by atoms with Gasteiger partial charge in [0.05, 0.1) is 12.2 Å². The quantitative estimate of drug-likeness (QED) is 0.665. The third kappa shape index (κ3) is 3.21. The molecule has 2 aliphatic carbocycles. The molecule has 2 saturated carbocycles. The Balaban J connectivity index is 1.75. The van der Waals surface area contributed by atoms with Crippen LogP contribution in [-0.2, 0) is 4.74 Å². The Morgan fingerprint density at radius 2 is 1.47 bits per heavy atom. The summed E-state index contributed by atoms with van der Waals surface area (Å²) in [4.78, 5) is 0. The van der Waals surface area contributed by atoms with E-state index in [4.69, 9.17) is 4.74 Å². The van der Waals surface area contributed by atoms with Crippen LogP contribution in [0.1, 0.15) is 65.2 Å². The molecule has 2 rings (SSSR count). The SMILES string of the molecule is CC1CCC(OC2CCCCC2C)CC1. The molecule has 0 radical (unpaired) electrons. The highest BCUT2D eigenvalue weighted by atomic mass is 16.5. The molecule has 0 N–H and O–H groups in total. The summed E-state index contributed by atoms with van der Waals surface area (Å²) in [5, 5.41) is 0. The van der Waals surface area contributed by atoms with Gasteiger partial charge in [-0.25, -0.2) is 0 Å². The van der Waals surface area contributed by atoms with Crippen molar-refractivity contribution in [3.8, 4) is 0 Å². The Hall–Kier alpha value is -0.0400. The van der Waals surface area contributed by atoms with Crippen molar-refractivity contribution in [1.82, 2.24) is 0 Å². The van der Waals surface area contributed by atoms with Crippen LogP contribution in [0, 0.1) is 11.8 Å². The van der Waals surface area contributed by atoms with Crippen LogP contribution in [0.5, 0.6) is 0 Å². The van der Waals surface area contributed by atoms with Crippen molar-refractivity contribution in [2.45, 2.75) is 77.4 Å². The summed E-state index contributed by atoms with van der Waals surface area (Å²) in [6, 6.07) is 0. The minimum absolute atomic E-state index is 0.581. The van der Waals surface area contributed by atoms with Gasteiger partial charge in [-0.15, -0.1) is 0 Å². The lowest BCUT2D eigenvalue weighted by molar-refractivity contribution is -0.0722. The minimum atomic E-state index is 0.581. The molecule has 2 atom stereocenters. The van der Waals surface area contributed by atoms with Crippen LogP contribution in [0.2, 0.25) is 0 Å². The molecule has 0 aliphatic heterocycles. The van der Waals surface area contributed by atoms with Gasteiger partial charge >= 0.3 is 0 Å². The van der Waals surface area contributed by atoms with E-state index in [9.17, 15) is 0 Å². The summed E-state index contributed by atoms with van der Waals surface area (Å²) in [5.41, 5.74) is 0. The summed E-state index contributed by atoms with van der Waals surface area (Å²) in [6.07, 6.45) is 12.1. The second-order valence-corrected chi connectivity index (χ2v) is 5.82. The molecule has 2 fully saturated rings. The summed E-state index contributed by atoms with van der Waals surface area (Å²) in [6.45, 7) is 4.74.